The van der Waals surface area contributed by atoms with E-state index in [0.717, 1.165) is 0 Å². The first kappa shape index (κ1) is 31.7. The minimum atomic E-state index is 1.20. The van der Waals surface area contributed by atoms with E-state index in [1.165, 1.54) is 99.1 Å². The van der Waals surface area contributed by atoms with Crippen molar-refractivity contribution in [3.63, 3.8) is 0 Å². The molecule has 0 radical (unpaired) electrons. The second-order valence-corrected chi connectivity index (χ2v) is 14.0. The third-order valence-electron chi connectivity index (χ3n) is 10.9. The van der Waals surface area contributed by atoms with Crippen LogP contribution < -0.4 is 0 Å². The molecule has 54 heavy (non-hydrogen) atoms. The molecule has 0 aromatic heterocycles. The number of hydrogen-bond acceptors (Lipinski definition) is 0. The molecule has 0 bridgehead atoms. The Morgan fingerprint density at radius 3 is 1.19 bits per heavy atom. The molecule has 0 aliphatic heterocycles. The van der Waals surface area contributed by atoms with Gasteiger partial charge in [-0.1, -0.05) is 200 Å². The molecule has 0 N–H and O–H groups in total. The first-order valence-electron chi connectivity index (χ1n) is 18.7. The molecular formula is C54H36. The third kappa shape index (κ3) is 5.57. The minimum absolute atomic E-state index is 1.20. The molecule has 252 valence electrons. The predicted octanol–water partition coefficient (Wildman–Crippen LogP) is 15.1. The number of benzene rings is 10. The van der Waals surface area contributed by atoms with Gasteiger partial charge >= 0.3 is 0 Å². The summed E-state index contributed by atoms with van der Waals surface area (Å²) in [7, 11) is 0. The van der Waals surface area contributed by atoms with Gasteiger partial charge in [-0.15, -0.1) is 0 Å². The molecule has 0 nitrogen and oxygen atoms in total. The van der Waals surface area contributed by atoms with E-state index in [0.29, 0.717) is 0 Å². The van der Waals surface area contributed by atoms with Gasteiger partial charge in [0.05, 0.1) is 0 Å². The summed E-state index contributed by atoms with van der Waals surface area (Å²) in [6.45, 7) is 0. The van der Waals surface area contributed by atoms with Crippen LogP contribution in [0.1, 0.15) is 0 Å². The topological polar surface area (TPSA) is 0 Å². The predicted molar refractivity (Wildman–Crippen MR) is 232 cm³/mol. The second kappa shape index (κ2) is 13.5. The molecule has 0 saturated heterocycles. The normalized spacial score (nSPS) is 11.3. The van der Waals surface area contributed by atoms with Crippen LogP contribution in [0.3, 0.4) is 0 Å². The maximum absolute atomic E-state index is 2.37. The Morgan fingerprint density at radius 2 is 0.556 bits per heavy atom. The fraction of sp³-hybridized carbons (Fsp3) is 0. The molecule has 0 saturated carbocycles. The molecule has 0 heteroatoms. The van der Waals surface area contributed by atoms with Crippen LogP contribution in [-0.4, -0.2) is 0 Å². The summed E-state index contributed by atoms with van der Waals surface area (Å²) < 4.78 is 0. The highest BCUT2D eigenvalue weighted by Gasteiger charge is 2.19. The van der Waals surface area contributed by atoms with Crippen LogP contribution >= 0.6 is 0 Å². The van der Waals surface area contributed by atoms with Crippen LogP contribution in [0.25, 0.3) is 99.1 Å². The van der Waals surface area contributed by atoms with Crippen molar-refractivity contribution in [2.24, 2.45) is 0 Å². The maximum atomic E-state index is 2.37. The van der Waals surface area contributed by atoms with E-state index in [2.05, 4.69) is 218 Å². The highest BCUT2D eigenvalue weighted by Crippen LogP contribution is 2.46. The lowest BCUT2D eigenvalue weighted by atomic mass is 9.83. The van der Waals surface area contributed by atoms with Crippen molar-refractivity contribution < 1.29 is 0 Å². The molecule has 0 amide bonds. The summed E-state index contributed by atoms with van der Waals surface area (Å²) in [5.41, 5.74) is 14.8. The van der Waals surface area contributed by atoms with Crippen molar-refractivity contribution in [3.8, 4) is 66.8 Å². The van der Waals surface area contributed by atoms with E-state index in [-0.39, 0.29) is 0 Å². The number of fused-ring (bicyclic) bond motifs is 3. The molecule has 0 atom stereocenters. The Bertz CT molecular complexity index is 2920. The average Bonchev–Trinajstić information content (AvgIpc) is 3.26. The lowest BCUT2D eigenvalue weighted by molar-refractivity contribution is 1.58. The molecular weight excluding hydrogens is 649 g/mol. The summed E-state index contributed by atoms with van der Waals surface area (Å²) in [6, 6.07) is 79.7. The molecule has 10 aromatic rings. The standard InChI is InChI=1S/C54H36/c1-2-16-37(17-3-1)46-27-6-7-28-48(46)54-51-31-10-8-29-49(51)53(50-30-9-11-32-52(50)54)44-25-14-23-42(36-44)40-21-12-20-39(34-40)41-22-13-24-43(35-41)47-33-15-19-38-18-4-5-26-45(38)47/h1-36H. The quantitative estimate of drug-likeness (QED) is 0.153. The van der Waals surface area contributed by atoms with Gasteiger partial charge in [-0.3, -0.25) is 0 Å². The van der Waals surface area contributed by atoms with Gasteiger partial charge in [0.1, 0.15) is 0 Å². The fourth-order valence-corrected chi connectivity index (χ4v) is 8.38. The summed E-state index contributed by atoms with van der Waals surface area (Å²) in [5, 5.41) is 7.56. The van der Waals surface area contributed by atoms with Gasteiger partial charge in [0.2, 0.25) is 0 Å². The lowest BCUT2D eigenvalue weighted by Crippen LogP contribution is -1.93. The second-order valence-electron chi connectivity index (χ2n) is 14.0. The maximum Gasteiger partial charge on any atom is -0.00201 e. The van der Waals surface area contributed by atoms with Gasteiger partial charge in [0.25, 0.3) is 0 Å². The Kier molecular flexibility index (Phi) is 7.93. The van der Waals surface area contributed by atoms with Crippen LogP contribution in [-0.2, 0) is 0 Å². The van der Waals surface area contributed by atoms with E-state index in [1.54, 1.807) is 0 Å². The van der Waals surface area contributed by atoms with E-state index in [1.807, 2.05) is 0 Å². The average molecular weight is 685 g/mol. The lowest BCUT2D eigenvalue weighted by Gasteiger charge is -2.20. The van der Waals surface area contributed by atoms with Gasteiger partial charge in [-0.2, -0.15) is 0 Å². The van der Waals surface area contributed by atoms with Crippen molar-refractivity contribution >= 4 is 32.3 Å². The van der Waals surface area contributed by atoms with Crippen molar-refractivity contribution in [3.05, 3.63) is 218 Å². The van der Waals surface area contributed by atoms with Crippen LogP contribution in [0.5, 0.6) is 0 Å². The highest BCUT2D eigenvalue weighted by atomic mass is 14.2. The number of rotatable bonds is 6. The van der Waals surface area contributed by atoms with Gasteiger partial charge < -0.3 is 0 Å². The Hall–Kier alpha value is -7.02. The van der Waals surface area contributed by atoms with Crippen LogP contribution in [0.4, 0.5) is 0 Å². The smallest absolute Gasteiger partial charge is 0.00201 e. The Labute approximate surface area is 316 Å². The summed E-state index contributed by atoms with van der Waals surface area (Å²) in [6.07, 6.45) is 0. The summed E-state index contributed by atoms with van der Waals surface area (Å²) >= 11 is 0. The Balaban J connectivity index is 1.10. The van der Waals surface area contributed by atoms with E-state index >= 15 is 0 Å². The molecule has 0 unspecified atom stereocenters. The van der Waals surface area contributed by atoms with Crippen molar-refractivity contribution in [1.82, 2.24) is 0 Å². The number of hydrogen-bond donors (Lipinski definition) is 0. The molecule has 10 rings (SSSR count). The minimum Gasteiger partial charge on any atom is -0.0622 e. The van der Waals surface area contributed by atoms with Crippen LogP contribution in [0.2, 0.25) is 0 Å². The highest BCUT2D eigenvalue weighted by molar-refractivity contribution is 6.22. The van der Waals surface area contributed by atoms with E-state index in [9.17, 15) is 0 Å². The van der Waals surface area contributed by atoms with Crippen molar-refractivity contribution in [2.75, 3.05) is 0 Å². The first-order chi connectivity index (χ1) is 26.8. The fourth-order valence-electron chi connectivity index (χ4n) is 8.38. The molecule has 0 aliphatic carbocycles. The van der Waals surface area contributed by atoms with Crippen molar-refractivity contribution in [2.45, 2.75) is 0 Å². The monoisotopic (exact) mass is 684 g/mol. The Morgan fingerprint density at radius 1 is 0.185 bits per heavy atom. The van der Waals surface area contributed by atoms with Crippen molar-refractivity contribution in [1.29, 1.82) is 0 Å². The SMILES string of the molecule is c1ccc(-c2ccccc2-c2c3ccccc3c(-c3cccc(-c4cccc(-c5cccc(-c6cccc7ccccc67)c5)c4)c3)c3ccccc23)cc1. The molecule has 0 heterocycles. The van der Waals surface area contributed by atoms with Gasteiger partial charge in [0, 0.05) is 0 Å². The summed E-state index contributed by atoms with van der Waals surface area (Å²) in [5.74, 6) is 0. The third-order valence-corrected chi connectivity index (χ3v) is 10.9. The van der Waals surface area contributed by atoms with E-state index < -0.39 is 0 Å². The van der Waals surface area contributed by atoms with E-state index in [4.69, 9.17) is 0 Å². The molecule has 0 aliphatic rings. The summed E-state index contributed by atoms with van der Waals surface area (Å²) in [4.78, 5) is 0. The molecule has 0 fully saturated rings. The zero-order valence-electron chi connectivity index (χ0n) is 29.8. The first-order valence-corrected chi connectivity index (χ1v) is 18.7. The molecule has 10 aromatic carbocycles. The zero-order valence-corrected chi connectivity index (χ0v) is 29.8. The van der Waals surface area contributed by atoms with Gasteiger partial charge in [0.15, 0.2) is 0 Å². The zero-order chi connectivity index (χ0) is 35.8. The molecule has 0 spiro atoms. The van der Waals surface area contributed by atoms with Crippen LogP contribution in [0.15, 0.2) is 218 Å². The largest absolute Gasteiger partial charge is 0.0622 e. The van der Waals surface area contributed by atoms with Gasteiger partial charge in [-0.25, -0.2) is 0 Å². The van der Waals surface area contributed by atoms with Gasteiger partial charge in [-0.05, 0) is 117 Å². The van der Waals surface area contributed by atoms with Crippen LogP contribution in [0, 0.1) is 0 Å².